The minimum atomic E-state index is 0.0877. The Morgan fingerprint density at radius 1 is 1.24 bits per heavy atom. The highest BCUT2D eigenvalue weighted by Crippen LogP contribution is 2.19. The summed E-state index contributed by atoms with van der Waals surface area (Å²) in [6.07, 6.45) is 2.74. The number of nitrogens with zero attached hydrogens (tertiary/aromatic N) is 3. The van der Waals surface area contributed by atoms with Gasteiger partial charge in [0.1, 0.15) is 0 Å². The summed E-state index contributed by atoms with van der Waals surface area (Å²) in [7, 11) is 0. The third-order valence-corrected chi connectivity index (χ3v) is 5.48. The number of aromatic nitrogens is 1. The van der Waals surface area contributed by atoms with Crippen LogP contribution in [0.25, 0.3) is 0 Å². The van der Waals surface area contributed by atoms with Crippen molar-refractivity contribution < 1.29 is 4.79 Å². The number of piperazine rings is 1. The van der Waals surface area contributed by atoms with Gasteiger partial charge in [-0.3, -0.25) is 9.69 Å². The molecule has 1 aromatic heterocycles. The van der Waals surface area contributed by atoms with Crippen molar-refractivity contribution >= 4 is 22.4 Å². The summed E-state index contributed by atoms with van der Waals surface area (Å²) in [5.41, 5.74) is 2.41. The number of benzene rings is 1. The van der Waals surface area contributed by atoms with E-state index in [1.54, 1.807) is 11.3 Å². The number of amides is 1. The van der Waals surface area contributed by atoms with E-state index in [1.165, 1.54) is 11.1 Å². The van der Waals surface area contributed by atoms with E-state index in [-0.39, 0.29) is 11.9 Å². The molecule has 0 spiro atoms. The number of aryl methyl sites for hydroxylation is 1. The van der Waals surface area contributed by atoms with Crippen molar-refractivity contribution in [2.75, 3.05) is 37.6 Å². The molecule has 1 saturated heterocycles. The zero-order valence-electron chi connectivity index (χ0n) is 14.9. The number of carbonyl (C=O) groups is 1. The fraction of sp³-hybridized carbons (Fsp3) is 0.474. The lowest BCUT2D eigenvalue weighted by Gasteiger charge is -2.34. The molecule has 134 valence electrons. The highest BCUT2D eigenvalue weighted by atomic mass is 32.1. The molecule has 2 heterocycles. The first-order chi connectivity index (χ1) is 12.2. The molecule has 6 heteroatoms. The molecule has 1 amide bonds. The lowest BCUT2D eigenvalue weighted by atomic mass is 10.0. The van der Waals surface area contributed by atoms with Gasteiger partial charge >= 0.3 is 0 Å². The van der Waals surface area contributed by atoms with E-state index in [0.29, 0.717) is 6.54 Å². The van der Waals surface area contributed by atoms with Gasteiger partial charge in [0.25, 0.3) is 0 Å². The van der Waals surface area contributed by atoms with E-state index in [4.69, 9.17) is 0 Å². The zero-order valence-corrected chi connectivity index (χ0v) is 15.8. The van der Waals surface area contributed by atoms with Crippen molar-refractivity contribution in [1.82, 2.24) is 15.2 Å². The molecular formula is C19H26N4OS. The van der Waals surface area contributed by atoms with Crippen molar-refractivity contribution in [1.29, 1.82) is 0 Å². The van der Waals surface area contributed by atoms with Crippen molar-refractivity contribution in [3.8, 4) is 0 Å². The number of nitrogens with one attached hydrogen (secondary N) is 1. The SMILES string of the molecule is CCC(NC(=O)CN1CCN(c2nccs2)CC1)c1ccc(C)cc1. The number of thiazole rings is 1. The summed E-state index contributed by atoms with van der Waals surface area (Å²) < 4.78 is 0. The first-order valence-corrected chi connectivity index (χ1v) is 9.76. The normalized spacial score (nSPS) is 16.6. The highest BCUT2D eigenvalue weighted by molar-refractivity contribution is 7.13. The Morgan fingerprint density at radius 2 is 1.96 bits per heavy atom. The van der Waals surface area contributed by atoms with E-state index in [0.717, 1.165) is 37.7 Å². The molecule has 3 rings (SSSR count). The van der Waals surface area contributed by atoms with Crippen LogP contribution in [0.3, 0.4) is 0 Å². The summed E-state index contributed by atoms with van der Waals surface area (Å²) in [5.74, 6) is 0.107. The molecule has 1 aromatic carbocycles. The average Bonchev–Trinajstić information content (AvgIpc) is 3.16. The number of hydrogen-bond donors (Lipinski definition) is 1. The summed E-state index contributed by atoms with van der Waals surface area (Å²) in [6, 6.07) is 8.50. The first kappa shape index (κ1) is 17.9. The summed E-state index contributed by atoms with van der Waals surface area (Å²) in [5, 5.41) is 6.27. The average molecular weight is 359 g/mol. The lowest BCUT2D eigenvalue weighted by Crippen LogP contribution is -2.49. The molecule has 0 saturated carbocycles. The van der Waals surface area contributed by atoms with Gasteiger partial charge in [-0.2, -0.15) is 0 Å². The molecule has 1 aliphatic heterocycles. The highest BCUT2D eigenvalue weighted by Gasteiger charge is 2.21. The van der Waals surface area contributed by atoms with Crippen LogP contribution >= 0.6 is 11.3 Å². The third-order valence-electron chi connectivity index (χ3n) is 4.65. The van der Waals surface area contributed by atoms with Crippen LogP contribution in [-0.2, 0) is 4.79 Å². The topological polar surface area (TPSA) is 48.5 Å². The minimum Gasteiger partial charge on any atom is -0.348 e. The lowest BCUT2D eigenvalue weighted by molar-refractivity contribution is -0.123. The summed E-state index contributed by atoms with van der Waals surface area (Å²) in [4.78, 5) is 21.3. The van der Waals surface area contributed by atoms with Gasteiger partial charge in [0.05, 0.1) is 12.6 Å². The molecule has 1 aliphatic rings. The van der Waals surface area contributed by atoms with Crippen LogP contribution < -0.4 is 10.2 Å². The van der Waals surface area contributed by atoms with Crippen LogP contribution in [-0.4, -0.2) is 48.5 Å². The zero-order chi connectivity index (χ0) is 17.6. The van der Waals surface area contributed by atoms with Crippen LogP contribution in [0, 0.1) is 6.92 Å². The Hall–Kier alpha value is -1.92. The molecule has 1 atom stereocenters. The predicted molar refractivity (Wildman–Crippen MR) is 103 cm³/mol. The number of hydrogen-bond acceptors (Lipinski definition) is 5. The van der Waals surface area contributed by atoms with Gasteiger partial charge in [-0.1, -0.05) is 36.8 Å². The van der Waals surface area contributed by atoms with Gasteiger partial charge in [-0.25, -0.2) is 4.98 Å². The standard InChI is InChI=1S/C19H26N4OS/c1-3-17(16-6-4-15(2)5-7-16)21-18(24)14-22-9-11-23(12-10-22)19-20-8-13-25-19/h4-8,13,17H,3,9-12,14H2,1-2H3,(H,21,24). The maximum atomic E-state index is 12.5. The summed E-state index contributed by atoms with van der Waals surface area (Å²) in [6.45, 7) is 8.30. The first-order valence-electron chi connectivity index (χ1n) is 8.88. The number of anilines is 1. The molecule has 25 heavy (non-hydrogen) atoms. The Labute approximate surface area is 153 Å². The van der Waals surface area contributed by atoms with Crippen molar-refractivity contribution in [3.05, 3.63) is 47.0 Å². The van der Waals surface area contributed by atoms with E-state index >= 15 is 0 Å². The fourth-order valence-corrected chi connectivity index (χ4v) is 3.83. The molecule has 0 bridgehead atoms. The smallest absolute Gasteiger partial charge is 0.234 e. The van der Waals surface area contributed by atoms with Gasteiger partial charge in [0.2, 0.25) is 5.91 Å². The second-order valence-electron chi connectivity index (χ2n) is 6.52. The molecule has 0 aliphatic carbocycles. The Balaban J connectivity index is 1.48. The summed E-state index contributed by atoms with van der Waals surface area (Å²) >= 11 is 1.67. The Bertz CT molecular complexity index is 663. The van der Waals surface area contributed by atoms with E-state index in [2.05, 4.69) is 58.2 Å². The molecular weight excluding hydrogens is 332 g/mol. The third kappa shape index (κ3) is 4.80. The monoisotopic (exact) mass is 358 g/mol. The van der Waals surface area contributed by atoms with Crippen LogP contribution in [0.2, 0.25) is 0 Å². The fourth-order valence-electron chi connectivity index (χ4n) is 3.13. The number of rotatable bonds is 6. The maximum absolute atomic E-state index is 12.5. The van der Waals surface area contributed by atoms with Crippen molar-refractivity contribution in [2.24, 2.45) is 0 Å². The second-order valence-corrected chi connectivity index (χ2v) is 7.39. The quantitative estimate of drug-likeness (QED) is 0.863. The number of carbonyl (C=O) groups excluding carboxylic acids is 1. The van der Waals surface area contributed by atoms with Gasteiger partial charge < -0.3 is 10.2 Å². The molecule has 2 aromatic rings. The predicted octanol–water partition coefficient (Wildman–Crippen LogP) is 2.84. The molecule has 1 fully saturated rings. The van der Waals surface area contributed by atoms with Crippen molar-refractivity contribution in [3.63, 3.8) is 0 Å². The van der Waals surface area contributed by atoms with E-state index in [9.17, 15) is 4.79 Å². The van der Waals surface area contributed by atoms with E-state index in [1.807, 2.05) is 11.6 Å². The van der Waals surface area contributed by atoms with Crippen molar-refractivity contribution in [2.45, 2.75) is 26.3 Å². The Kier molecular flexibility index (Phi) is 6.04. The molecule has 1 N–H and O–H groups in total. The maximum Gasteiger partial charge on any atom is 0.234 e. The molecule has 5 nitrogen and oxygen atoms in total. The minimum absolute atomic E-state index is 0.0877. The van der Waals surface area contributed by atoms with E-state index < -0.39 is 0 Å². The van der Waals surface area contributed by atoms with Crippen LogP contribution in [0.1, 0.15) is 30.5 Å². The van der Waals surface area contributed by atoms with Gasteiger partial charge in [0.15, 0.2) is 5.13 Å². The van der Waals surface area contributed by atoms with Crippen LogP contribution in [0.5, 0.6) is 0 Å². The van der Waals surface area contributed by atoms with Gasteiger partial charge in [-0.15, -0.1) is 11.3 Å². The van der Waals surface area contributed by atoms with Crippen LogP contribution in [0.4, 0.5) is 5.13 Å². The van der Waals surface area contributed by atoms with Crippen LogP contribution in [0.15, 0.2) is 35.8 Å². The van der Waals surface area contributed by atoms with Gasteiger partial charge in [0, 0.05) is 37.8 Å². The van der Waals surface area contributed by atoms with Gasteiger partial charge in [-0.05, 0) is 18.9 Å². The largest absolute Gasteiger partial charge is 0.348 e. The molecule has 1 unspecified atom stereocenters. The molecule has 0 radical (unpaired) electrons. The Morgan fingerprint density at radius 3 is 2.56 bits per heavy atom. The second kappa shape index (κ2) is 8.45.